The van der Waals surface area contributed by atoms with Gasteiger partial charge in [0, 0.05) is 43.9 Å². The molecule has 0 unspecified atom stereocenters. The van der Waals surface area contributed by atoms with Crippen LogP contribution in [0, 0.1) is 11.8 Å². The highest BCUT2D eigenvalue weighted by Gasteiger charge is 2.33. The van der Waals surface area contributed by atoms with Crippen LogP contribution in [-0.4, -0.2) is 73.9 Å². The van der Waals surface area contributed by atoms with Gasteiger partial charge in [-0.3, -0.25) is 14.4 Å². The van der Waals surface area contributed by atoms with Crippen LogP contribution in [0.3, 0.4) is 0 Å². The molecule has 11 heteroatoms. The number of nitrogens with one attached hydrogen (secondary N) is 2. The molecule has 0 radical (unpaired) electrons. The minimum atomic E-state index is -1.00. The van der Waals surface area contributed by atoms with E-state index in [2.05, 4.69) is 17.2 Å². The monoisotopic (exact) mass is 585 g/mol. The Bertz CT molecular complexity index is 1210. The van der Waals surface area contributed by atoms with Crippen molar-refractivity contribution in [2.45, 2.75) is 65.0 Å². The molecular formula is C31H43N3O8. The van der Waals surface area contributed by atoms with Gasteiger partial charge in [0.25, 0.3) is 5.91 Å². The van der Waals surface area contributed by atoms with Crippen LogP contribution in [0.2, 0.25) is 0 Å². The van der Waals surface area contributed by atoms with Gasteiger partial charge in [0.05, 0.1) is 23.6 Å². The summed E-state index contributed by atoms with van der Waals surface area (Å²) in [5, 5.41) is 16.7. The number of allylic oxidation sites excluding steroid dienone is 4. The van der Waals surface area contributed by atoms with Crippen LogP contribution in [-0.2, 0) is 28.6 Å². The Morgan fingerprint density at radius 1 is 1.21 bits per heavy atom. The van der Waals surface area contributed by atoms with Crippen LogP contribution in [0.25, 0.3) is 0 Å². The average Bonchev–Trinajstić information content (AvgIpc) is 2.94. The average molecular weight is 586 g/mol. The largest absolute Gasteiger partial charge is 0.439 e. The van der Waals surface area contributed by atoms with Crippen LogP contribution in [0.4, 0.5) is 4.79 Å². The van der Waals surface area contributed by atoms with E-state index in [1.165, 1.54) is 20.3 Å². The van der Waals surface area contributed by atoms with E-state index in [0.29, 0.717) is 12.0 Å². The van der Waals surface area contributed by atoms with E-state index in [-0.39, 0.29) is 41.4 Å². The van der Waals surface area contributed by atoms with Crippen LogP contribution in [0.5, 0.6) is 0 Å². The number of ether oxygens (including phenoxy) is 3. The Hall–Kier alpha value is -3.80. The van der Waals surface area contributed by atoms with Gasteiger partial charge in [0.1, 0.15) is 6.10 Å². The van der Waals surface area contributed by atoms with Crippen molar-refractivity contribution in [3.8, 4) is 0 Å². The van der Waals surface area contributed by atoms with Crippen LogP contribution < -0.4 is 16.4 Å². The molecule has 1 heterocycles. The highest BCUT2D eigenvalue weighted by Crippen LogP contribution is 2.28. The van der Waals surface area contributed by atoms with Gasteiger partial charge in [-0.25, -0.2) is 4.79 Å². The summed E-state index contributed by atoms with van der Waals surface area (Å²) in [5.41, 5.74) is 6.42. The summed E-state index contributed by atoms with van der Waals surface area (Å²) in [6.07, 6.45) is 5.34. The molecule has 0 aromatic carbocycles. The van der Waals surface area contributed by atoms with Crippen LogP contribution >= 0.6 is 0 Å². The highest BCUT2D eigenvalue weighted by molar-refractivity contribution is 6.23. The summed E-state index contributed by atoms with van der Waals surface area (Å²) in [6, 6.07) is 0. The zero-order valence-electron chi connectivity index (χ0n) is 25.1. The standard InChI is InChI=1S/C31H43N3O8/c1-8-12-33-26-21-13-17(2)14-25(41-7)27(36)19(4)15-20(5)29(42-31(32)39)24(40-6)11-9-10-18(3)30(38)34-22(28(21)37)16-23(26)35/h8-11,15-17,19,24-25,27,29,33,36H,1,12-14H2,2-7H3,(H2,32,39)(H,34,38)/b11-9-,18-10-,20-15-/t17-,19+,24-,25+,27+,29-/m0/s1. The number of fused-ring (bicyclic) bond motifs is 2. The number of ketones is 2. The van der Waals surface area contributed by atoms with Gasteiger partial charge in [0.2, 0.25) is 11.6 Å². The Kier molecular flexibility index (Phi) is 13.1. The molecule has 0 spiro atoms. The number of methoxy groups -OCH3 is 2. The summed E-state index contributed by atoms with van der Waals surface area (Å²) >= 11 is 0. The predicted octanol–water partition coefficient (Wildman–Crippen LogP) is 2.54. The topological polar surface area (TPSA) is 166 Å². The number of rotatable bonds is 6. The molecule has 2 aliphatic rings. The lowest BCUT2D eigenvalue weighted by molar-refractivity contribution is -0.120. The number of carbonyl (C=O) groups excluding carboxylic acids is 4. The molecule has 1 aliphatic heterocycles. The zero-order valence-corrected chi connectivity index (χ0v) is 25.1. The third-order valence-corrected chi connectivity index (χ3v) is 7.22. The lowest BCUT2D eigenvalue weighted by Crippen LogP contribution is -2.37. The third kappa shape index (κ3) is 9.10. The number of aliphatic hydroxyl groups excluding tert-OH is 1. The Balaban J connectivity index is 2.62. The summed E-state index contributed by atoms with van der Waals surface area (Å²) in [6.45, 7) is 10.9. The first-order valence-corrected chi connectivity index (χ1v) is 13.8. The maximum absolute atomic E-state index is 13.5. The van der Waals surface area contributed by atoms with Gasteiger partial charge in [-0.15, -0.1) is 6.58 Å². The van der Waals surface area contributed by atoms with Crippen molar-refractivity contribution in [3.05, 3.63) is 71.1 Å². The second-order valence-electron chi connectivity index (χ2n) is 10.6. The minimum absolute atomic E-state index is 0.132. The van der Waals surface area contributed by atoms with E-state index < -0.39 is 53.9 Å². The summed E-state index contributed by atoms with van der Waals surface area (Å²) < 4.78 is 16.6. The SMILES string of the molecule is C=CCNC1=C2C[C@H](C)C[C@@H](OC)[C@H](O)[C@H](C)/C=C(/C)[C@H](OC(N)=O)[C@@H](OC)/C=C\C=C(\C)C(=O)NC(=CC1=O)C2=O. The number of carbonyl (C=O) groups is 4. The van der Waals surface area contributed by atoms with Crippen molar-refractivity contribution in [3.63, 3.8) is 0 Å². The normalized spacial score (nSPS) is 31.6. The molecule has 0 aromatic rings. The molecule has 2 bridgehead atoms. The number of hydrogen-bond acceptors (Lipinski definition) is 9. The van der Waals surface area contributed by atoms with E-state index in [9.17, 15) is 24.3 Å². The summed E-state index contributed by atoms with van der Waals surface area (Å²) in [5.74, 6) is -2.14. The van der Waals surface area contributed by atoms with E-state index >= 15 is 0 Å². The van der Waals surface area contributed by atoms with E-state index in [4.69, 9.17) is 19.9 Å². The third-order valence-electron chi connectivity index (χ3n) is 7.22. The number of nitrogens with two attached hydrogens (primary N) is 1. The minimum Gasteiger partial charge on any atom is -0.439 e. The number of Topliss-reactive ketones (excluding diaryl/α,β-unsaturated/α-hetero) is 1. The van der Waals surface area contributed by atoms with Gasteiger partial charge in [-0.2, -0.15) is 0 Å². The number of primary amides is 1. The molecule has 2 amide bonds. The molecule has 0 saturated heterocycles. The Morgan fingerprint density at radius 2 is 1.90 bits per heavy atom. The van der Waals surface area contributed by atoms with Crippen molar-refractivity contribution in [1.29, 1.82) is 0 Å². The maximum atomic E-state index is 13.5. The quantitative estimate of drug-likeness (QED) is 0.271. The van der Waals surface area contributed by atoms with Crippen molar-refractivity contribution >= 4 is 23.6 Å². The fourth-order valence-corrected chi connectivity index (χ4v) is 4.95. The van der Waals surface area contributed by atoms with Crippen molar-refractivity contribution in [2.75, 3.05) is 20.8 Å². The van der Waals surface area contributed by atoms with E-state index in [0.717, 1.165) is 6.08 Å². The molecule has 0 saturated carbocycles. The maximum Gasteiger partial charge on any atom is 0.405 e. The second-order valence-corrected chi connectivity index (χ2v) is 10.6. The number of aliphatic hydroxyl groups is 1. The van der Waals surface area contributed by atoms with Crippen LogP contribution in [0.1, 0.15) is 40.5 Å². The molecule has 2 rings (SSSR count). The van der Waals surface area contributed by atoms with Crippen molar-refractivity contribution in [1.82, 2.24) is 10.6 Å². The Morgan fingerprint density at radius 3 is 2.50 bits per heavy atom. The first kappa shape index (κ1) is 34.4. The van der Waals surface area contributed by atoms with Gasteiger partial charge in [-0.1, -0.05) is 44.2 Å². The van der Waals surface area contributed by atoms with Gasteiger partial charge >= 0.3 is 6.09 Å². The van der Waals surface area contributed by atoms with Gasteiger partial charge < -0.3 is 35.7 Å². The number of hydrogen-bond donors (Lipinski definition) is 4. The summed E-state index contributed by atoms with van der Waals surface area (Å²) in [7, 11) is 2.92. The summed E-state index contributed by atoms with van der Waals surface area (Å²) in [4.78, 5) is 51.3. The predicted molar refractivity (Wildman–Crippen MR) is 158 cm³/mol. The molecule has 1 aliphatic carbocycles. The van der Waals surface area contributed by atoms with Crippen molar-refractivity contribution < 1.29 is 38.5 Å². The first-order chi connectivity index (χ1) is 19.8. The molecule has 11 nitrogen and oxygen atoms in total. The lowest BCUT2D eigenvalue weighted by atomic mass is 9.85. The molecule has 42 heavy (non-hydrogen) atoms. The van der Waals surface area contributed by atoms with E-state index in [1.807, 2.05) is 6.92 Å². The highest BCUT2D eigenvalue weighted by atomic mass is 16.6. The van der Waals surface area contributed by atoms with E-state index in [1.54, 1.807) is 45.1 Å². The fourth-order valence-electron chi connectivity index (χ4n) is 4.95. The molecule has 6 atom stereocenters. The zero-order chi connectivity index (χ0) is 31.6. The Labute approximate surface area is 247 Å². The molecular weight excluding hydrogens is 542 g/mol. The first-order valence-electron chi connectivity index (χ1n) is 13.8. The molecule has 0 fully saturated rings. The van der Waals surface area contributed by atoms with Crippen molar-refractivity contribution in [2.24, 2.45) is 17.6 Å². The fraction of sp³-hybridized carbons (Fsp3) is 0.484. The molecule has 0 aromatic heterocycles. The lowest BCUT2D eigenvalue weighted by Gasteiger charge is -2.30. The smallest absolute Gasteiger partial charge is 0.405 e. The van der Waals surface area contributed by atoms with Gasteiger partial charge in [0.15, 0.2) is 6.10 Å². The van der Waals surface area contributed by atoms with Crippen LogP contribution in [0.15, 0.2) is 71.1 Å². The second kappa shape index (κ2) is 16.0. The number of amides is 2. The molecule has 230 valence electrons. The molecule has 5 N–H and O–H groups in total. The van der Waals surface area contributed by atoms with Gasteiger partial charge in [-0.05, 0) is 38.2 Å².